The Labute approximate surface area is 136 Å². The molecule has 120 valence electrons. The van der Waals surface area contributed by atoms with Crippen molar-refractivity contribution < 1.29 is 14.3 Å². The number of Topliss-reactive ketones (excluding diaryl/α,β-unsaturated/α-hetero) is 1. The Morgan fingerprint density at radius 1 is 1.04 bits per heavy atom. The highest BCUT2D eigenvalue weighted by atomic mass is 16.5. The average molecular weight is 311 g/mol. The van der Waals surface area contributed by atoms with Crippen molar-refractivity contribution in [2.24, 2.45) is 0 Å². The van der Waals surface area contributed by atoms with Gasteiger partial charge in [0, 0.05) is 18.5 Å². The number of carbonyl (C=O) groups excluding carboxylic acids is 2. The Hall–Kier alpha value is -2.62. The van der Waals surface area contributed by atoms with Crippen LogP contribution in [0.1, 0.15) is 36.2 Å². The third-order valence-corrected chi connectivity index (χ3v) is 3.49. The van der Waals surface area contributed by atoms with Crippen LogP contribution in [0.15, 0.2) is 54.6 Å². The minimum absolute atomic E-state index is 0.0882. The summed E-state index contributed by atoms with van der Waals surface area (Å²) in [6.07, 6.45) is -0.134. The Kier molecular flexibility index (Phi) is 5.92. The van der Waals surface area contributed by atoms with Gasteiger partial charge in [0.1, 0.15) is 5.75 Å². The zero-order valence-electron chi connectivity index (χ0n) is 13.4. The second-order valence-corrected chi connectivity index (χ2v) is 5.26. The molecule has 0 bridgehead atoms. The van der Waals surface area contributed by atoms with E-state index in [0.717, 1.165) is 5.56 Å². The van der Waals surface area contributed by atoms with Crippen LogP contribution in [0.25, 0.3) is 0 Å². The van der Waals surface area contributed by atoms with Gasteiger partial charge in [-0.3, -0.25) is 9.59 Å². The maximum absolute atomic E-state index is 12.1. The van der Waals surface area contributed by atoms with Gasteiger partial charge in [0.25, 0.3) is 5.91 Å². The van der Waals surface area contributed by atoms with Gasteiger partial charge in [0.2, 0.25) is 0 Å². The molecule has 2 aromatic carbocycles. The Morgan fingerprint density at radius 3 is 2.30 bits per heavy atom. The Morgan fingerprint density at radius 2 is 1.70 bits per heavy atom. The van der Waals surface area contributed by atoms with Crippen LogP contribution in [-0.4, -0.2) is 17.8 Å². The molecule has 0 aromatic heterocycles. The first-order valence-corrected chi connectivity index (χ1v) is 7.71. The van der Waals surface area contributed by atoms with Gasteiger partial charge in [-0.15, -0.1) is 0 Å². The zero-order chi connectivity index (χ0) is 16.7. The van der Waals surface area contributed by atoms with Gasteiger partial charge in [0.05, 0.1) is 0 Å². The first-order chi connectivity index (χ1) is 11.1. The molecule has 0 aliphatic rings. The molecule has 0 saturated heterocycles. The number of hydrogen-bond acceptors (Lipinski definition) is 3. The smallest absolute Gasteiger partial charge is 0.261 e. The van der Waals surface area contributed by atoms with E-state index in [0.29, 0.717) is 24.3 Å². The predicted molar refractivity (Wildman–Crippen MR) is 89.4 cm³/mol. The lowest BCUT2D eigenvalue weighted by atomic mass is 10.1. The molecule has 0 fully saturated rings. The number of ether oxygens (including phenoxy) is 1. The van der Waals surface area contributed by atoms with Crippen molar-refractivity contribution in [1.29, 1.82) is 0 Å². The normalized spacial score (nSPS) is 11.6. The van der Waals surface area contributed by atoms with Crippen molar-refractivity contribution in [3.8, 4) is 5.75 Å². The quantitative estimate of drug-likeness (QED) is 0.798. The van der Waals surface area contributed by atoms with Gasteiger partial charge in [-0.1, -0.05) is 37.3 Å². The SMILES string of the molecule is CCC(=O)c1ccc(OC(C)C(=O)NCc2ccccc2)cc1. The molecule has 1 atom stereocenters. The second-order valence-electron chi connectivity index (χ2n) is 5.26. The highest BCUT2D eigenvalue weighted by molar-refractivity contribution is 5.95. The van der Waals surface area contributed by atoms with Crippen LogP contribution in [0.5, 0.6) is 5.75 Å². The molecule has 0 radical (unpaired) electrons. The second kappa shape index (κ2) is 8.13. The largest absolute Gasteiger partial charge is 0.481 e. The number of ketones is 1. The van der Waals surface area contributed by atoms with E-state index >= 15 is 0 Å². The van der Waals surface area contributed by atoms with E-state index in [9.17, 15) is 9.59 Å². The van der Waals surface area contributed by atoms with Gasteiger partial charge in [-0.25, -0.2) is 0 Å². The van der Waals surface area contributed by atoms with Crippen molar-refractivity contribution in [3.05, 3.63) is 65.7 Å². The summed E-state index contributed by atoms with van der Waals surface area (Å²) in [7, 11) is 0. The van der Waals surface area contributed by atoms with Crippen LogP contribution >= 0.6 is 0 Å². The van der Waals surface area contributed by atoms with Crippen LogP contribution in [0.4, 0.5) is 0 Å². The van der Waals surface area contributed by atoms with Crippen LogP contribution in [-0.2, 0) is 11.3 Å². The fourth-order valence-corrected chi connectivity index (χ4v) is 2.11. The molecular formula is C19H21NO3. The number of carbonyl (C=O) groups is 2. The van der Waals surface area contributed by atoms with Gasteiger partial charge >= 0.3 is 0 Å². The summed E-state index contributed by atoms with van der Waals surface area (Å²) >= 11 is 0. The van der Waals surface area contributed by atoms with E-state index < -0.39 is 6.10 Å². The van der Waals surface area contributed by atoms with E-state index in [1.165, 1.54) is 0 Å². The number of benzene rings is 2. The maximum Gasteiger partial charge on any atom is 0.261 e. The number of nitrogens with one attached hydrogen (secondary N) is 1. The molecule has 0 aliphatic heterocycles. The van der Waals surface area contributed by atoms with E-state index in [2.05, 4.69) is 5.32 Å². The molecule has 2 rings (SSSR count). The summed E-state index contributed by atoms with van der Waals surface area (Å²) < 4.78 is 5.61. The molecule has 1 N–H and O–H groups in total. The van der Waals surface area contributed by atoms with Gasteiger partial charge in [0.15, 0.2) is 11.9 Å². The molecule has 2 aromatic rings. The minimum Gasteiger partial charge on any atom is -0.481 e. The molecule has 4 nitrogen and oxygen atoms in total. The fourth-order valence-electron chi connectivity index (χ4n) is 2.11. The molecule has 1 unspecified atom stereocenters. The van der Waals surface area contributed by atoms with Crippen molar-refractivity contribution in [2.75, 3.05) is 0 Å². The first kappa shape index (κ1) is 16.7. The van der Waals surface area contributed by atoms with E-state index in [4.69, 9.17) is 4.74 Å². The lowest BCUT2D eigenvalue weighted by Gasteiger charge is -2.15. The lowest BCUT2D eigenvalue weighted by molar-refractivity contribution is -0.127. The summed E-state index contributed by atoms with van der Waals surface area (Å²) in [6.45, 7) is 3.99. The maximum atomic E-state index is 12.1. The first-order valence-electron chi connectivity index (χ1n) is 7.71. The third-order valence-electron chi connectivity index (χ3n) is 3.49. The van der Waals surface area contributed by atoms with E-state index in [1.54, 1.807) is 31.2 Å². The Bertz CT molecular complexity index is 650. The molecule has 1 amide bonds. The summed E-state index contributed by atoms with van der Waals surface area (Å²) in [4.78, 5) is 23.6. The van der Waals surface area contributed by atoms with Crippen LogP contribution in [0, 0.1) is 0 Å². The van der Waals surface area contributed by atoms with Crippen molar-refractivity contribution in [1.82, 2.24) is 5.32 Å². The van der Waals surface area contributed by atoms with E-state index in [1.807, 2.05) is 37.3 Å². The van der Waals surface area contributed by atoms with Crippen molar-refractivity contribution in [2.45, 2.75) is 32.9 Å². The van der Waals surface area contributed by atoms with Crippen LogP contribution in [0.2, 0.25) is 0 Å². The molecule has 0 spiro atoms. The van der Waals surface area contributed by atoms with Gasteiger partial charge < -0.3 is 10.1 Å². The standard InChI is InChI=1S/C19H21NO3/c1-3-18(21)16-9-11-17(12-10-16)23-14(2)19(22)20-13-15-7-5-4-6-8-15/h4-12,14H,3,13H2,1-2H3,(H,20,22). The summed E-state index contributed by atoms with van der Waals surface area (Å²) in [5.41, 5.74) is 1.69. The highest BCUT2D eigenvalue weighted by Crippen LogP contribution is 2.15. The van der Waals surface area contributed by atoms with Crippen LogP contribution in [0.3, 0.4) is 0 Å². The van der Waals surface area contributed by atoms with Gasteiger partial charge in [-0.05, 0) is 36.8 Å². The van der Waals surface area contributed by atoms with Crippen molar-refractivity contribution >= 4 is 11.7 Å². The van der Waals surface area contributed by atoms with Gasteiger partial charge in [-0.2, -0.15) is 0 Å². The summed E-state index contributed by atoms with van der Waals surface area (Å²) in [5, 5.41) is 2.84. The number of rotatable bonds is 7. The number of amides is 1. The molecule has 0 saturated carbocycles. The van der Waals surface area contributed by atoms with E-state index in [-0.39, 0.29) is 11.7 Å². The minimum atomic E-state index is -0.605. The summed E-state index contributed by atoms with van der Waals surface area (Å²) in [5.74, 6) is 0.479. The predicted octanol–water partition coefficient (Wildman–Crippen LogP) is 3.36. The molecule has 4 heteroatoms. The zero-order valence-corrected chi connectivity index (χ0v) is 13.4. The Balaban J connectivity index is 1.86. The molecule has 0 aliphatic carbocycles. The highest BCUT2D eigenvalue weighted by Gasteiger charge is 2.14. The molecule has 23 heavy (non-hydrogen) atoms. The molecule has 0 heterocycles. The van der Waals surface area contributed by atoms with Crippen LogP contribution < -0.4 is 10.1 Å². The van der Waals surface area contributed by atoms with Crippen molar-refractivity contribution in [3.63, 3.8) is 0 Å². The topological polar surface area (TPSA) is 55.4 Å². The number of hydrogen-bond donors (Lipinski definition) is 1. The lowest BCUT2D eigenvalue weighted by Crippen LogP contribution is -2.35. The third kappa shape index (κ3) is 4.95. The molecular weight excluding hydrogens is 290 g/mol. The monoisotopic (exact) mass is 311 g/mol. The summed E-state index contributed by atoms with van der Waals surface area (Å²) in [6, 6.07) is 16.6. The average Bonchev–Trinajstić information content (AvgIpc) is 2.60. The fraction of sp³-hybridized carbons (Fsp3) is 0.263.